The van der Waals surface area contributed by atoms with Crippen LogP contribution in [0.5, 0.6) is 5.75 Å². The van der Waals surface area contributed by atoms with Crippen molar-refractivity contribution in [2.75, 3.05) is 23.8 Å². The van der Waals surface area contributed by atoms with E-state index in [1.165, 1.54) is 12.4 Å². The lowest BCUT2D eigenvalue weighted by Crippen LogP contribution is -2.33. The van der Waals surface area contributed by atoms with Crippen LogP contribution in [0.3, 0.4) is 0 Å². The molecule has 1 aliphatic heterocycles. The number of nitrogen functional groups attached to an aromatic ring is 1. The van der Waals surface area contributed by atoms with Crippen LogP contribution in [0.15, 0.2) is 42.9 Å². The molecule has 2 aromatic heterocycles. The molecule has 8 nitrogen and oxygen atoms in total. The molecule has 0 radical (unpaired) electrons. The Morgan fingerprint density at radius 3 is 2.74 bits per heavy atom. The first-order valence-electron chi connectivity index (χ1n) is 11.1. The van der Waals surface area contributed by atoms with Gasteiger partial charge in [-0.2, -0.15) is 5.26 Å². The summed E-state index contributed by atoms with van der Waals surface area (Å²) in [6.07, 6.45) is 5.85. The number of benzene rings is 1. The van der Waals surface area contributed by atoms with Gasteiger partial charge in [0.05, 0.1) is 34.0 Å². The first-order valence-corrected chi connectivity index (χ1v) is 11.8. The highest BCUT2D eigenvalue weighted by Gasteiger charge is 2.27. The molecular weight excluding hydrogens is 487 g/mol. The highest BCUT2D eigenvalue weighted by molar-refractivity contribution is 6.35. The van der Waals surface area contributed by atoms with Crippen molar-refractivity contribution in [1.82, 2.24) is 9.97 Å². The van der Waals surface area contributed by atoms with E-state index in [1.54, 1.807) is 30.5 Å². The molecule has 1 aliphatic rings. The Morgan fingerprint density at radius 1 is 1.31 bits per heavy atom. The molecule has 4 N–H and O–H groups in total. The van der Waals surface area contributed by atoms with Crippen LogP contribution >= 0.6 is 23.2 Å². The standard InChI is InChI=1S/C25H24Cl2N6O2/c1-14(23-20(26)11-31-12-21(23)27)35-18-4-5-22(29)19(8-18)24(30)16-7-15(9-28)25(32-10-16)33-6-2-3-17(33)13-34/h4-5,7-8,10-12,14,17,30,34H,2-3,6,13,29H2,1H3/t14-,17+/m1/s1. The lowest BCUT2D eigenvalue weighted by atomic mass is 10.0. The summed E-state index contributed by atoms with van der Waals surface area (Å²) in [5, 5.41) is 28.9. The van der Waals surface area contributed by atoms with Gasteiger partial charge >= 0.3 is 0 Å². The number of hydrogen-bond donors (Lipinski definition) is 3. The van der Waals surface area contributed by atoms with Crippen molar-refractivity contribution in [3.05, 3.63) is 75.2 Å². The number of aromatic nitrogens is 2. The van der Waals surface area contributed by atoms with Crippen molar-refractivity contribution in [2.45, 2.75) is 31.9 Å². The lowest BCUT2D eigenvalue weighted by molar-refractivity contribution is 0.227. The third kappa shape index (κ3) is 5.03. The van der Waals surface area contributed by atoms with Crippen LogP contribution in [0.4, 0.5) is 11.5 Å². The lowest BCUT2D eigenvalue weighted by Gasteiger charge is -2.25. The minimum Gasteiger partial charge on any atom is -0.486 e. The predicted molar refractivity (Wildman–Crippen MR) is 136 cm³/mol. The van der Waals surface area contributed by atoms with Gasteiger partial charge < -0.3 is 20.5 Å². The molecule has 0 aliphatic carbocycles. The molecule has 4 rings (SSSR count). The van der Waals surface area contributed by atoms with E-state index in [0.29, 0.717) is 49.6 Å². The van der Waals surface area contributed by atoms with E-state index < -0.39 is 6.10 Å². The predicted octanol–water partition coefficient (Wildman–Crippen LogP) is 4.75. The molecule has 0 saturated carbocycles. The van der Waals surface area contributed by atoms with Gasteiger partial charge in [-0.1, -0.05) is 23.2 Å². The maximum atomic E-state index is 9.75. The van der Waals surface area contributed by atoms with Crippen LogP contribution in [-0.2, 0) is 0 Å². The number of nitriles is 1. The van der Waals surface area contributed by atoms with Crippen molar-refractivity contribution in [1.29, 1.82) is 10.7 Å². The second-order valence-corrected chi connectivity index (χ2v) is 9.09. The first-order chi connectivity index (χ1) is 16.8. The number of aliphatic hydroxyl groups is 1. The third-order valence-electron chi connectivity index (χ3n) is 6.04. The second kappa shape index (κ2) is 10.5. The summed E-state index contributed by atoms with van der Waals surface area (Å²) in [4.78, 5) is 10.4. The number of nitrogens with one attached hydrogen (secondary N) is 1. The Kier molecular flexibility index (Phi) is 7.41. The molecule has 0 spiro atoms. The summed E-state index contributed by atoms with van der Waals surface area (Å²) in [7, 11) is 0. The molecule has 0 bridgehead atoms. The molecule has 0 amide bonds. The molecule has 1 saturated heterocycles. The number of aliphatic hydroxyl groups excluding tert-OH is 1. The SMILES string of the molecule is C[C@@H](Oc1ccc(N)c(C(=N)c2cnc(N3CCC[C@H]3CO)c(C#N)c2)c1)c1c(Cl)cncc1Cl. The number of nitrogens with two attached hydrogens (primary N) is 1. The van der Waals surface area contributed by atoms with Crippen molar-refractivity contribution in [3.63, 3.8) is 0 Å². The van der Waals surface area contributed by atoms with Gasteiger partial charge in [0.1, 0.15) is 23.7 Å². The van der Waals surface area contributed by atoms with Gasteiger partial charge in [-0.25, -0.2) is 4.98 Å². The number of ether oxygens (including phenoxy) is 1. The van der Waals surface area contributed by atoms with Crippen molar-refractivity contribution in [3.8, 4) is 11.8 Å². The van der Waals surface area contributed by atoms with Crippen LogP contribution in [0.2, 0.25) is 10.0 Å². The van der Waals surface area contributed by atoms with Crippen molar-refractivity contribution >= 4 is 40.4 Å². The summed E-state index contributed by atoms with van der Waals surface area (Å²) in [5.74, 6) is 0.994. The van der Waals surface area contributed by atoms with Gasteiger partial charge in [0.15, 0.2) is 0 Å². The molecular formula is C25H24Cl2N6O2. The van der Waals surface area contributed by atoms with E-state index in [1.807, 2.05) is 11.8 Å². The number of hydrogen-bond acceptors (Lipinski definition) is 8. The van der Waals surface area contributed by atoms with E-state index in [2.05, 4.69) is 16.0 Å². The average Bonchev–Trinajstić information content (AvgIpc) is 3.33. The quantitative estimate of drug-likeness (QED) is 0.308. The Balaban J connectivity index is 1.61. The Bertz CT molecular complexity index is 1290. The minimum atomic E-state index is -0.477. The van der Waals surface area contributed by atoms with Crippen LogP contribution in [0.1, 0.15) is 48.1 Å². The van der Waals surface area contributed by atoms with E-state index in [-0.39, 0.29) is 18.4 Å². The Hall–Kier alpha value is -3.38. The van der Waals surface area contributed by atoms with Crippen LogP contribution in [0.25, 0.3) is 0 Å². The minimum absolute atomic E-state index is 0.00177. The number of pyridine rings is 2. The van der Waals surface area contributed by atoms with E-state index in [0.717, 1.165) is 19.4 Å². The molecule has 1 aromatic carbocycles. The summed E-state index contributed by atoms with van der Waals surface area (Å²) in [6.45, 7) is 2.54. The molecule has 3 heterocycles. The Labute approximate surface area is 213 Å². The zero-order valence-electron chi connectivity index (χ0n) is 19.0. The molecule has 180 valence electrons. The molecule has 2 atom stereocenters. The van der Waals surface area contributed by atoms with Gasteiger partial charge in [-0.05, 0) is 44.0 Å². The van der Waals surface area contributed by atoms with E-state index >= 15 is 0 Å². The van der Waals surface area contributed by atoms with Gasteiger partial charge in [-0.15, -0.1) is 0 Å². The highest BCUT2D eigenvalue weighted by Crippen LogP contribution is 2.34. The summed E-state index contributed by atoms with van der Waals surface area (Å²) >= 11 is 12.5. The highest BCUT2D eigenvalue weighted by atomic mass is 35.5. The number of anilines is 2. The fourth-order valence-corrected chi connectivity index (χ4v) is 4.94. The van der Waals surface area contributed by atoms with E-state index in [4.69, 9.17) is 39.1 Å². The monoisotopic (exact) mass is 510 g/mol. The molecule has 1 fully saturated rings. The number of halogens is 2. The number of rotatable bonds is 7. The topological polar surface area (TPSA) is 132 Å². The zero-order chi connectivity index (χ0) is 25.1. The third-order valence-corrected chi connectivity index (χ3v) is 6.64. The van der Waals surface area contributed by atoms with Gasteiger partial charge in [0, 0.05) is 47.5 Å². The van der Waals surface area contributed by atoms with Gasteiger partial charge in [-0.3, -0.25) is 10.4 Å². The molecule has 0 unspecified atom stereocenters. The van der Waals surface area contributed by atoms with Crippen molar-refractivity contribution in [2.24, 2.45) is 0 Å². The largest absolute Gasteiger partial charge is 0.486 e. The number of nitrogens with zero attached hydrogens (tertiary/aromatic N) is 4. The fourth-order valence-electron chi connectivity index (χ4n) is 4.26. The van der Waals surface area contributed by atoms with E-state index in [9.17, 15) is 10.4 Å². The summed E-state index contributed by atoms with van der Waals surface area (Å²) in [6, 6.07) is 8.77. The van der Waals surface area contributed by atoms with Crippen LogP contribution < -0.4 is 15.4 Å². The Morgan fingerprint density at radius 2 is 2.06 bits per heavy atom. The smallest absolute Gasteiger partial charge is 0.146 e. The maximum absolute atomic E-state index is 9.75. The average molecular weight is 511 g/mol. The van der Waals surface area contributed by atoms with Crippen LogP contribution in [0, 0.1) is 16.7 Å². The maximum Gasteiger partial charge on any atom is 0.146 e. The zero-order valence-corrected chi connectivity index (χ0v) is 20.5. The second-order valence-electron chi connectivity index (χ2n) is 8.28. The molecule has 3 aromatic rings. The molecule has 35 heavy (non-hydrogen) atoms. The van der Waals surface area contributed by atoms with Crippen LogP contribution in [-0.4, -0.2) is 40.0 Å². The normalized spacial score (nSPS) is 16.1. The van der Waals surface area contributed by atoms with Gasteiger partial charge in [0.25, 0.3) is 0 Å². The summed E-state index contributed by atoms with van der Waals surface area (Å²) < 4.78 is 6.05. The fraction of sp³-hybridized carbons (Fsp3) is 0.280. The summed E-state index contributed by atoms with van der Waals surface area (Å²) in [5.41, 5.74) is 8.52. The first kappa shape index (κ1) is 24.7. The molecule has 10 heteroatoms. The van der Waals surface area contributed by atoms with Gasteiger partial charge in [0.2, 0.25) is 0 Å². The van der Waals surface area contributed by atoms with Crippen molar-refractivity contribution < 1.29 is 9.84 Å².